The number of thiophene rings is 1. The summed E-state index contributed by atoms with van der Waals surface area (Å²) in [7, 11) is 0. The second-order valence-corrected chi connectivity index (χ2v) is 7.42. The highest BCUT2D eigenvalue weighted by atomic mass is 32.2. The van der Waals surface area contributed by atoms with Crippen LogP contribution in [0, 0.1) is 5.92 Å². The summed E-state index contributed by atoms with van der Waals surface area (Å²) in [5, 5.41) is 1.96. The van der Waals surface area contributed by atoms with Gasteiger partial charge in [0.15, 0.2) is 5.16 Å². The summed E-state index contributed by atoms with van der Waals surface area (Å²) in [6.45, 7) is 4.48. The molecule has 1 aliphatic carbocycles. The molecule has 2 N–H and O–H groups in total. The molecule has 2 aromatic rings. The number of fused-ring (bicyclic) bond motifs is 3. The molecule has 0 radical (unpaired) electrons. The zero-order valence-corrected chi connectivity index (χ0v) is 13.0. The minimum atomic E-state index is 0.676. The summed E-state index contributed by atoms with van der Waals surface area (Å²) in [6, 6.07) is 0. The van der Waals surface area contributed by atoms with Crippen LogP contribution in [0.25, 0.3) is 10.2 Å². The Kier molecular flexibility index (Phi) is 3.67. The monoisotopic (exact) mass is 293 g/mol. The summed E-state index contributed by atoms with van der Waals surface area (Å²) >= 11 is 3.52. The number of anilines is 1. The Morgan fingerprint density at radius 2 is 2.26 bits per heavy atom. The molecule has 0 aliphatic heterocycles. The van der Waals surface area contributed by atoms with Gasteiger partial charge in [-0.2, -0.15) is 0 Å². The topological polar surface area (TPSA) is 51.8 Å². The maximum atomic E-state index is 6.18. The number of thioether (sulfide) groups is 1. The number of rotatable bonds is 3. The Hall–Kier alpha value is -0.810. The summed E-state index contributed by atoms with van der Waals surface area (Å²) in [5.41, 5.74) is 7.60. The maximum Gasteiger partial charge on any atom is 0.190 e. The normalized spacial score (nSPS) is 18.7. The number of hydrogen-bond acceptors (Lipinski definition) is 5. The van der Waals surface area contributed by atoms with Crippen molar-refractivity contribution in [2.45, 2.75) is 44.7 Å². The van der Waals surface area contributed by atoms with E-state index < -0.39 is 0 Å². The van der Waals surface area contributed by atoms with E-state index in [1.807, 2.05) is 11.3 Å². The van der Waals surface area contributed by atoms with E-state index in [1.165, 1.54) is 23.3 Å². The Balaban J connectivity index is 2.07. The number of hydrogen-bond donors (Lipinski definition) is 1. The molecule has 102 valence electrons. The van der Waals surface area contributed by atoms with Gasteiger partial charge in [-0.25, -0.2) is 9.97 Å². The Bertz CT molecular complexity index is 606. The lowest BCUT2D eigenvalue weighted by atomic mass is 9.89. The molecule has 3 rings (SSSR count). The molecule has 19 heavy (non-hydrogen) atoms. The smallest absolute Gasteiger partial charge is 0.190 e. The highest BCUT2D eigenvalue weighted by Gasteiger charge is 2.23. The molecule has 3 nitrogen and oxygen atoms in total. The van der Waals surface area contributed by atoms with E-state index in [0.29, 0.717) is 5.82 Å². The van der Waals surface area contributed by atoms with Crippen molar-refractivity contribution in [3.8, 4) is 0 Å². The fraction of sp³-hybridized carbons (Fsp3) is 0.571. The molecule has 0 fully saturated rings. The van der Waals surface area contributed by atoms with Gasteiger partial charge in [0.25, 0.3) is 0 Å². The third-order valence-electron chi connectivity index (χ3n) is 3.59. The summed E-state index contributed by atoms with van der Waals surface area (Å²) in [6.07, 6.45) is 4.72. The molecule has 0 unspecified atom stereocenters. The fourth-order valence-corrected chi connectivity index (χ4v) is 4.60. The van der Waals surface area contributed by atoms with Gasteiger partial charge in [-0.05, 0) is 37.2 Å². The molecule has 0 amide bonds. The first-order valence-electron chi connectivity index (χ1n) is 6.89. The Morgan fingerprint density at radius 3 is 3.05 bits per heavy atom. The zero-order chi connectivity index (χ0) is 13.4. The van der Waals surface area contributed by atoms with Crippen LogP contribution in [0.15, 0.2) is 5.16 Å². The van der Waals surface area contributed by atoms with Crippen LogP contribution in [0.5, 0.6) is 0 Å². The standard InChI is InChI=1S/C14H19N3S2/c1-3-6-18-14-16-12(15)11-9-7-8(2)4-5-10(9)19-13(11)17-14/h8H,3-7H2,1-2H3,(H2,15,16,17)/t8-/m0/s1. The lowest BCUT2D eigenvalue weighted by Gasteiger charge is -2.18. The van der Waals surface area contributed by atoms with Gasteiger partial charge in [-0.1, -0.05) is 25.6 Å². The predicted octanol–water partition coefficient (Wildman–Crippen LogP) is 3.90. The molecule has 5 heteroatoms. The summed E-state index contributed by atoms with van der Waals surface area (Å²) in [5.74, 6) is 2.47. The van der Waals surface area contributed by atoms with Crippen molar-refractivity contribution in [1.82, 2.24) is 9.97 Å². The van der Waals surface area contributed by atoms with Gasteiger partial charge in [0, 0.05) is 10.6 Å². The Morgan fingerprint density at radius 1 is 1.42 bits per heavy atom. The third-order valence-corrected chi connectivity index (χ3v) is 5.83. The zero-order valence-electron chi connectivity index (χ0n) is 11.4. The fourth-order valence-electron chi connectivity index (χ4n) is 2.62. The van der Waals surface area contributed by atoms with E-state index in [0.717, 1.165) is 39.9 Å². The molecule has 0 bridgehead atoms. The molecule has 0 aromatic carbocycles. The predicted molar refractivity (Wildman–Crippen MR) is 84.0 cm³/mol. The van der Waals surface area contributed by atoms with E-state index >= 15 is 0 Å². The highest BCUT2D eigenvalue weighted by molar-refractivity contribution is 7.99. The third kappa shape index (κ3) is 2.46. The SMILES string of the molecule is CCCSc1nc(N)c2c3c(sc2n1)CC[C@H](C)C3. The van der Waals surface area contributed by atoms with Gasteiger partial charge in [0.2, 0.25) is 0 Å². The molecule has 0 spiro atoms. The van der Waals surface area contributed by atoms with Gasteiger partial charge in [-0.3, -0.25) is 0 Å². The van der Waals surface area contributed by atoms with Gasteiger partial charge in [0.1, 0.15) is 10.6 Å². The number of nitrogen functional groups attached to an aromatic ring is 1. The van der Waals surface area contributed by atoms with Crippen LogP contribution in [-0.4, -0.2) is 15.7 Å². The first-order valence-corrected chi connectivity index (χ1v) is 8.69. The molecule has 2 heterocycles. The number of nitrogens with zero attached hydrogens (tertiary/aromatic N) is 2. The first kappa shape index (κ1) is 13.2. The van der Waals surface area contributed by atoms with Crippen LogP contribution in [0.3, 0.4) is 0 Å². The molecular weight excluding hydrogens is 274 g/mol. The molecule has 1 aliphatic rings. The van der Waals surface area contributed by atoms with Gasteiger partial charge >= 0.3 is 0 Å². The summed E-state index contributed by atoms with van der Waals surface area (Å²) in [4.78, 5) is 11.7. The van der Waals surface area contributed by atoms with E-state index in [9.17, 15) is 0 Å². The highest BCUT2D eigenvalue weighted by Crippen LogP contribution is 2.39. The van der Waals surface area contributed by atoms with Crippen LogP contribution in [0.1, 0.15) is 37.1 Å². The molecule has 1 atom stereocenters. The molecule has 0 saturated heterocycles. The maximum absolute atomic E-state index is 6.18. The average Bonchev–Trinajstić information content (AvgIpc) is 2.74. The molecular formula is C14H19N3S2. The lowest BCUT2D eigenvalue weighted by molar-refractivity contribution is 0.508. The number of nitrogens with two attached hydrogens (primary N) is 1. The van der Waals surface area contributed by atoms with Crippen LogP contribution in [-0.2, 0) is 12.8 Å². The van der Waals surface area contributed by atoms with Crippen molar-refractivity contribution < 1.29 is 0 Å². The summed E-state index contributed by atoms with van der Waals surface area (Å²) < 4.78 is 0. The minimum Gasteiger partial charge on any atom is -0.383 e. The second-order valence-electron chi connectivity index (χ2n) is 5.27. The van der Waals surface area contributed by atoms with Crippen molar-refractivity contribution in [2.24, 2.45) is 5.92 Å². The lowest BCUT2D eigenvalue weighted by Crippen LogP contribution is -2.09. The van der Waals surface area contributed by atoms with Crippen LogP contribution >= 0.6 is 23.1 Å². The molecule has 2 aromatic heterocycles. The van der Waals surface area contributed by atoms with Crippen molar-refractivity contribution in [3.05, 3.63) is 10.4 Å². The number of aryl methyl sites for hydroxylation is 1. The van der Waals surface area contributed by atoms with E-state index in [-0.39, 0.29) is 0 Å². The van der Waals surface area contributed by atoms with E-state index in [4.69, 9.17) is 10.7 Å². The van der Waals surface area contributed by atoms with E-state index in [1.54, 1.807) is 11.8 Å². The molecule has 0 saturated carbocycles. The van der Waals surface area contributed by atoms with Crippen molar-refractivity contribution in [1.29, 1.82) is 0 Å². The van der Waals surface area contributed by atoms with E-state index in [2.05, 4.69) is 18.8 Å². The number of aromatic nitrogens is 2. The van der Waals surface area contributed by atoms with Crippen molar-refractivity contribution in [2.75, 3.05) is 11.5 Å². The largest absolute Gasteiger partial charge is 0.383 e. The second kappa shape index (κ2) is 5.29. The minimum absolute atomic E-state index is 0.676. The van der Waals surface area contributed by atoms with Gasteiger partial charge in [-0.15, -0.1) is 11.3 Å². The van der Waals surface area contributed by atoms with Crippen LogP contribution < -0.4 is 5.73 Å². The van der Waals surface area contributed by atoms with Gasteiger partial charge < -0.3 is 5.73 Å². The van der Waals surface area contributed by atoms with Gasteiger partial charge in [0.05, 0.1) is 5.39 Å². The quantitative estimate of drug-likeness (QED) is 0.689. The van der Waals surface area contributed by atoms with Crippen LogP contribution in [0.2, 0.25) is 0 Å². The average molecular weight is 293 g/mol. The van der Waals surface area contributed by atoms with Crippen molar-refractivity contribution in [3.63, 3.8) is 0 Å². The Labute approximate surface area is 122 Å². The first-order chi connectivity index (χ1) is 9.19. The van der Waals surface area contributed by atoms with Crippen LogP contribution in [0.4, 0.5) is 5.82 Å². The van der Waals surface area contributed by atoms with Crippen molar-refractivity contribution >= 4 is 39.1 Å².